The molecule has 0 bridgehead atoms. The molecule has 0 unspecified atom stereocenters. The Labute approximate surface area is 158 Å². The lowest BCUT2D eigenvalue weighted by Crippen LogP contribution is -2.21. The van der Waals surface area contributed by atoms with Crippen molar-refractivity contribution in [1.29, 1.82) is 0 Å². The minimum absolute atomic E-state index is 0.275. The summed E-state index contributed by atoms with van der Waals surface area (Å²) in [6.07, 6.45) is -5.08. The number of nitrogens with two attached hydrogens (primary N) is 1. The predicted molar refractivity (Wildman–Crippen MR) is 100 cm³/mol. The first-order valence-corrected chi connectivity index (χ1v) is 7.99. The maximum Gasteiger partial charge on any atom is 0.490 e. The van der Waals surface area contributed by atoms with E-state index in [0.717, 1.165) is 16.9 Å². The van der Waals surface area contributed by atoms with Gasteiger partial charge < -0.3 is 16.2 Å². The number of carboxylic acids is 1. The van der Waals surface area contributed by atoms with Gasteiger partial charge in [-0.1, -0.05) is 42.5 Å². The van der Waals surface area contributed by atoms with E-state index in [-0.39, 0.29) is 5.95 Å². The van der Waals surface area contributed by atoms with Crippen molar-refractivity contribution in [3.63, 3.8) is 0 Å². The van der Waals surface area contributed by atoms with Gasteiger partial charge in [0.05, 0.1) is 0 Å². The maximum atomic E-state index is 10.6. The Bertz CT molecular complexity index is 927. The number of aromatic nitrogens is 2. The molecule has 1 aromatic heterocycles. The molecule has 0 saturated carbocycles. The van der Waals surface area contributed by atoms with Crippen molar-refractivity contribution >= 4 is 23.4 Å². The number of aliphatic carboxylic acids is 1. The lowest BCUT2D eigenvalue weighted by Gasteiger charge is -2.09. The highest BCUT2D eigenvalue weighted by Gasteiger charge is 2.38. The van der Waals surface area contributed by atoms with Crippen LogP contribution in [0.1, 0.15) is 5.69 Å². The molecule has 0 aliphatic carbocycles. The molecule has 0 radical (unpaired) electrons. The first-order valence-electron chi connectivity index (χ1n) is 7.99. The van der Waals surface area contributed by atoms with Crippen molar-refractivity contribution in [3.8, 4) is 11.1 Å². The molecule has 0 amide bonds. The van der Waals surface area contributed by atoms with E-state index in [2.05, 4.69) is 39.6 Å². The number of benzene rings is 2. The van der Waals surface area contributed by atoms with Crippen LogP contribution in [0.4, 0.5) is 30.6 Å². The number of alkyl halides is 3. The van der Waals surface area contributed by atoms with Crippen molar-refractivity contribution in [1.82, 2.24) is 9.97 Å². The molecule has 0 saturated heterocycles. The van der Waals surface area contributed by atoms with Gasteiger partial charge in [0.25, 0.3) is 0 Å². The lowest BCUT2D eigenvalue weighted by molar-refractivity contribution is -0.192. The fraction of sp³-hybridized carbons (Fsp3) is 0.105. The van der Waals surface area contributed by atoms with Crippen LogP contribution in [-0.4, -0.2) is 27.2 Å². The number of carbonyl (C=O) groups is 1. The highest BCUT2D eigenvalue weighted by Crippen LogP contribution is 2.24. The van der Waals surface area contributed by atoms with Crippen LogP contribution in [0.3, 0.4) is 0 Å². The van der Waals surface area contributed by atoms with Crippen molar-refractivity contribution in [3.05, 3.63) is 66.4 Å². The summed E-state index contributed by atoms with van der Waals surface area (Å²) in [5.74, 6) is -1.78. The average molecular weight is 390 g/mol. The molecule has 4 N–H and O–H groups in total. The highest BCUT2D eigenvalue weighted by molar-refractivity contribution is 5.73. The van der Waals surface area contributed by atoms with Crippen LogP contribution in [0.15, 0.2) is 60.7 Å². The Morgan fingerprint density at radius 1 is 1.00 bits per heavy atom. The van der Waals surface area contributed by atoms with Gasteiger partial charge in [-0.3, -0.25) is 0 Å². The van der Waals surface area contributed by atoms with Gasteiger partial charge in [0, 0.05) is 17.4 Å². The van der Waals surface area contributed by atoms with Crippen LogP contribution in [0.25, 0.3) is 11.1 Å². The van der Waals surface area contributed by atoms with Gasteiger partial charge in [0.1, 0.15) is 5.82 Å². The zero-order valence-electron chi connectivity index (χ0n) is 14.7. The van der Waals surface area contributed by atoms with Crippen LogP contribution in [0.5, 0.6) is 0 Å². The summed E-state index contributed by atoms with van der Waals surface area (Å²) in [6, 6.07) is 20.3. The number of nitrogens with one attached hydrogen (secondary N) is 1. The third-order valence-electron chi connectivity index (χ3n) is 3.36. The van der Waals surface area contributed by atoms with Crippen molar-refractivity contribution in [2.75, 3.05) is 11.1 Å². The molecule has 28 heavy (non-hydrogen) atoms. The number of aryl methyl sites for hydroxylation is 1. The number of rotatable bonds is 3. The summed E-state index contributed by atoms with van der Waals surface area (Å²) in [6.45, 7) is 1.89. The summed E-state index contributed by atoms with van der Waals surface area (Å²) < 4.78 is 31.7. The Morgan fingerprint density at radius 2 is 1.61 bits per heavy atom. The van der Waals surface area contributed by atoms with Crippen LogP contribution in [0, 0.1) is 6.92 Å². The number of carboxylic acid groups (broad SMARTS) is 1. The average Bonchev–Trinajstić information content (AvgIpc) is 2.61. The molecule has 0 fully saturated rings. The first kappa shape index (κ1) is 20.7. The van der Waals surface area contributed by atoms with E-state index in [1.54, 1.807) is 0 Å². The molecule has 0 aliphatic heterocycles. The van der Waals surface area contributed by atoms with E-state index in [0.29, 0.717) is 5.82 Å². The fourth-order valence-electron chi connectivity index (χ4n) is 2.21. The Morgan fingerprint density at radius 3 is 2.18 bits per heavy atom. The first-order chi connectivity index (χ1) is 13.1. The van der Waals surface area contributed by atoms with E-state index in [9.17, 15) is 13.2 Å². The van der Waals surface area contributed by atoms with E-state index in [4.69, 9.17) is 15.6 Å². The number of halogens is 3. The topological polar surface area (TPSA) is 101 Å². The molecule has 3 rings (SSSR count). The summed E-state index contributed by atoms with van der Waals surface area (Å²) in [5, 5.41) is 10.4. The molecule has 146 valence electrons. The molecule has 0 spiro atoms. The molecular weight excluding hydrogens is 373 g/mol. The number of nitrogens with zero attached hydrogens (tertiary/aromatic N) is 2. The molecule has 9 heteroatoms. The van der Waals surface area contributed by atoms with Crippen LogP contribution < -0.4 is 11.1 Å². The minimum Gasteiger partial charge on any atom is -0.475 e. The second kappa shape index (κ2) is 8.85. The second-order valence-electron chi connectivity index (χ2n) is 5.63. The monoisotopic (exact) mass is 390 g/mol. The van der Waals surface area contributed by atoms with Gasteiger partial charge in [-0.2, -0.15) is 18.2 Å². The van der Waals surface area contributed by atoms with E-state index in [1.807, 2.05) is 43.3 Å². The lowest BCUT2D eigenvalue weighted by atomic mass is 10.1. The van der Waals surface area contributed by atoms with E-state index in [1.165, 1.54) is 5.56 Å². The molecule has 3 aromatic rings. The normalized spacial score (nSPS) is 10.6. The van der Waals surface area contributed by atoms with Crippen molar-refractivity contribution in [2.45, 2.75) is 13.1 Å². The van der Waals surface area contributed by atoms with Gasteiger partial charge in [-0.15, -0.1) is 0 Å². The number of hydrogen-bond acceptors (Lipinski definition) is 5. The highest BCUT2D eigenvalue weighted by atomic mass is 19.4. The molecule has 0 aliphatic rings. The number of nitrogen functional groups attached to an aromatic ring is 1. The zero-order chi connectivity index (χ0) is 20.7. The Kier molecular flexibility index (Phi) is 6.54. The third-order valence-corrected chi connectivity index (χ3v) is 3.36. The maximum absolute atomic E-state index is 10.6. The fourth-order valence-corrected chi connectivity index (χ4v) is 2.21. The number of hydrogen-bond donors (Lipinski definition) is 3. The third kappa shape index (κ3) is 6.27. The molecule has 2 aromatic carbocycles. The van der Waals surface area contributed by atoms with Gasteiger partial charge in [-0.25, -0.2) is 9.78 Å². The molecule has 6 nitrogen and oxygen atoms in total. The predicted octanol–water partition coefficient (Wildman–Crippen LogP) is 4.41. The Balaban J connectivity index is 0.000000345. The van der Waals surface area contributed by atoms with Gasteiger partial charge in [0.2, 0.25) is 5.95 Å². The minimum atomic E-state index is -5.08. The van der Waals surface area contributed by atoms with E-state index >= 15 is 0 Å². The summed E-state index contributed by atoms with van der Waals surface area (Å²) in [7, 11) is 0. The molecule has 1 heterocycles. The van der Waals surface area contributed by atoms with Crippen LogP contribution >= 0.6 is 0 Å². The Hall–Kier alpha value is -3.62. The van der Waals surface area contributed by atoms with Gasteiger partial charge in [-0.05, 0) is 30.2 Å². The smallest absolute Gasteiger partial charge is 0.475 e. The summed E-state index contributed by atoms with van der Waals surface area (Å²) >= 11 is 0. The zero-order valence-corrected chi connectivity index (χ0v) is 14.7. The second-order valence-corrected chi connectivity index (χ2v) is 5.63. The van der Waals surface area contributed by atoms with Crippen molar-refractivity contribution < 1.29 is 23.1 Å². The van der Waals surface area contributed by atoms with Gasteiger partial charge >= 0.3 is 12.1 Å². The SMILES string of the molecule is Cc1cc(Nc2cccc(-c3ccccc3)c2)nc(N)n1.O=C(O)C(F)(F)F. The van der Waals surface area contributed by atoms with Crippen molar-refractivity contribution in [2.24, 2.45) is 0 Å². The summed E-state index contributed by atoms with van der Waals surface area (Å²) in [5.41, 5.74) is 9.81. The number of anilines is 3. The van der Waals surface area contributed by atoms with Gasteiger partial charge in [0.15, 0.2) is 0 Å². The quantitative estimate of drug-likeness (QED) is 0.612. The molecular formula is C19H17F3N4O2. The molecule has 0 atom stereocenters. The largest absolute Gasteiger partial charge is 0.490 e. The van der Waals surface area contributed by atoms with E-state index < -0.39 is 12.1 Å². The standard InChI is InChI=1S/C17H16N4.C2HF3O2/c1-12-10-16(21-17(18)19-12)20-15-9-5-8-14(11-15)13-6-3-2-4-7-13;3-2(4,5)1(6)7/h2-11H,1H3,(H3,18,19,20,21);(H,6,7). The summed E-state index contributed by atoms with van der Waals surface area (Å²) in [4.78, 5) is 17.2. The van der Waals surface area contributed by atoms with Crippen LogP contribution in [0.2, 0.25) is 0 Å². The van der Waals surface area contributed by atoms with Crippen LogP contribution in [-0.2, 0) is 4.79 Å².